The highest BCUT2D eigenvalue weighted by atomic mass is 31.3. The monoisotopic (exact) mass is 696 g/mol. The molecule has 2 aliphatic heterocycles. The van der Waals surface area contributed by atoms with E-state index in [4.69, 9.17) is 19.5 Å². The van der Waals surface area contributed by atoms with Crippen molar-refractivity contribution in [3.8, 4) is 0 Å². The third-order valence-corrected chi connectivity index (χ3v) is 9.77. The van der Waals surface area contributed by atoms with E-state index in [1.165, 1.54) is 17.1 Å². The van der Waals surface area contributed by atoms with Gasteiger partial charge in [0.15, 0.2) is 17.4 Å². The van der Waals surface area contributed by atoms with Crippen LogP contribution in [0.2, 0.25) is 0 Å². The molecule has 1 aromatic carbocycles. The molecule has 0 bridgehead atoms. The van der Waals surface area contributed by atoms with Crippen molar-refractivity contribution < 1.29 is 56.8 Å². The highest BCUT2D eigenvalue weighted by Crippen LogP contribution is 2.60. The maximum atomic E-state index is 12.5. The Labute approximate surface area is 262 Å². The maximum absolute atomic E-state index is 12.5. The Morgan fingerprint density at radius 2 is 1.64 bits per heavy atom. The molecule has 6 atom stereocenters. The molecule has 21 nitrogen and oxygen atoms in total. The van der Waals surface area contributed by atoms with Crippen LogP contribution >= 0.6 is 15.6 Å². The summed E-state index contributed by atoms with van der Waals surface area (Å²) in [6.07, 6.45) is -2.35. The molecule has 5 heterocycles. The predicted octanol–water partition coefficient (Wildman–Crippen LogP) is -0.736. The molecule has 7 N–H and O–H groups in total. The summed E-state index contributed by atoms with van der Waals surface area (Å²) in [5, 5.41) is 20.9. The minimum atomic E-state index is -5.32. The topological polar surface area (TPSA) is 297 Å². The molecule has 3 aromatic heterocycles. The fraction of sp³-hybridized carbons (Fsp3) is 0.333. The number of carbonyl (C=O) groups is 2. The van der Waals surface area contributed by atoms with Gasteiger partial charge < -0.3 is 35.0 Å². The Kier molecular flexibility index (Phi) is 8.70. The summed E-state index contributed by atoms with van der Waals surface area (Å²) < 4.78 is 46.8. The minimum absolute atomic E-state index is 0.0249. The average Bonchev–Trinajstić information content (AvgIpc) is 3.76. The van der Waals surface area contributed by atoms with E-state index in [0.717, 1.165) is 15.8 Å². The molecular formula is C24H26N8O13P2. The first kappa shape index (κ1) is 32.8. The van der Waals surface area contributed by atoms with Crippen LogP contribution in [0.25, 0.3) is 11.2 Å². The largest absolute Gasteiger partial charge is 0.481 e. The van der Waals surface area contributed by atoms with Crippen molar-refractivity contribution in [2.24, 2.45) is 0 Å². The smallest absolute Gasteiger partial charge is 0.387 e. The lowest BCUT2D eigenvalue weighted by Crippen LogP contribution is -2.33. The van der Waals surface area contributed by atoms with Crippen molar-refractivity contribution in [2.75, 3.05) is 18.9 Å². The van der Waals surface area contributed by atoms with E-state index in [2.05, 4.69) is 24.2 Å². The zero-order chi connectivity index (χ0) is 33.7. The van der Waals surface area contributed by atoms with Crippen LogP contribution in [0.15, 0.2) is 47.9 Å². The van der Waals surface area contributed by atoms with E-state index in [0.29, 0.717) is 11.1 Å². The zero-order valence-corrected chi connectivity index (χ0v) is 25.6. The third kappa shape index (κ3) is 6.67. The normalized spacial score (nSPS) is 23.7. The number of aromatic amines is 1. The fourth-order valence-corrected chi connectivity index (χ4v) is 7.03. The van der Waals surface area contributed by atoms with Crippen LogP contribution in [-0.4, -0.2) is 97.2 Å². The van der Waals surface area contributed by atoms with E-state index >= 15 is 0 Å². The van der Waals surface area contributed by atoms with Gasteiger partial charge in [-0.1, -0.05) is 12.1 Å². The fourth-order valence-electron chi connectivity index (χ4n) is 4.98. The third-order valence-electron chi connectivity index (χ3n) is 7.19. The molecule has 1 saturated heterocycles. The quantitative estimate of drug-likeness (QED) is 0.0785. The van der Waals surface area contributed by atoms with E-state index in [-0.39, 0.29) is 35.9 Å². The van der Waals surface area contributed by atoms with Crippen molar-refractivity contribution in [3.63, 3.8) is 0 Å². The lowest BCUT2D eigenvalue weighted by molar-refractivity contribution is -0.0504. The lowest BCUT2D eigenvalue weighted by atomic mass is 10.1. The van der Waals surface area contributed by atoms with Crippen LogP contribution in [0.3, 0.4) is 0 Å². The number of nitrogens with zero attached hydrogens (tertiary/aromatic N) is 6. The van der Waals surface area contributed by atoms with Gasteiger partial charge in [0, 0.05) is 19.3 Å². The van der Waals surface area contributed by atoms with Gasteiger partial charge in [-0.3, -0.25) is 37.9 Å². The number of anilines is 1. The second kappa shape index (κ2) is 12.5. The number of ether oxygens (including phenoxy) is 1. The molecule has 250 valence electrons. The van der Waals surface area contributed by atoms with Gasteiger partial charge in [-0.05, 0) is 12.1 Å². The van der Waals surface area contributed by atoms with Crippen LogP contribution < -0.4 is 11.3 Å². The maximum Gasteiger partial charge on any atom is 0.481 e. The number of aliphatic hydroxyl groups excluding tert-OH is 2. The highest BCUT2D eigenvalue weighted by molar-refractivity contribution is 7.61. The molecule has 2 amide bonds. The van der Waals surface area contributed by atoms with Gasteiger partial charge in [0.1, 0.15) is 24.9 Å². The number of nitrogen functional groups attached to an aromatic ring is 1. The van der Waals surface area contributed by atoms with Crippen molar-refractivity contribution >= 4 is 44.6 Å². The number of carbonyl (C=O) groups excluding carboxylic acids is 2. The number of nitrogens with two attached hydrogens (primary N) is 1. The summed E-state index contributed by atoms with van der Waals surface area (Å²) in [5.41, 5.74) is 5.40. The van der Waals surface area contributed by atoms with Gasteiger partial charge in [0.05, 0.1) is 36.1 Å². The van der Waals surface area contributed by atoms with E-state index in [1.807, 2.05) is 0 Å². The molecule has 23 heteroatoms. The predicted molar refractivity (Wildman–Crippen MR) is 154 cm³/mol. The molecule has 0 saturated carbocycles. The molecule has 6 rings (SSSR count). The standard InChI is InChI=1S/C24H26N8O13P2/c25-24-28-19-16(20(35)29-24)27-11-32(19)23-18(34)17(33)15(44-23)9-43-47(40,41)45-46(38,39)42-8-12-7-30(10-26-12)5-6-31-21(36)13-3-1-2-4-14(13)22(31)37/h1-4,7,10-11,15,17-18,23,33-34H,5-6,8-9H2,(H,38,39)(H,40,41)(H3,25,28,29,35)/t15-,17-,18-,23-/m1/s1. The SMILES string of the molecule is Nc1nc2c(ncn2[C@@H]2O[C@H](COP(=O)(O)OP(=O)(O)OCc3cn(CCN4C(=O)c5ccccc5C4=O)cn3)[C@@H](O)[C@H]2O)c(=O)[nH]1. The number of imidazole rings is 2. The lowest BCUT2D eigenvalue weighted by Gasteiger charge is -2.19. The van der Waals surface area contributed by atoms with Gasteiger partial charge in [-0.2, -0.15) is 9.29 Å². The molecule has 0 spiro atoms. The molecular weight excluding hydrogens is 670 g/mol. The van der Waals surface area contributed by atoms with Crippen LogP contribution in [-0.2, 0) is 40.4 Å². The molecule has 47 heavy (non-hydrogen) atoms. The molecule has 1 fully saturated rings. The highest BCUT2D eigenvalue weighted by Gasteiger charge is 2.46. The molecule has 0 radical (unpaired) electrons. The number of hydrogen-bond acceptors (Lipinski definition) is 15. The number of aromatic nitrogens is 6. The first-order chi connectivity index (χ1) is 22.2. The van der Waals surface area contributed by atoms with Crippen molar-refractivity contribution in [1.29, 1.82) is 0 Å². The Hall–Kier alpha value is -4.14. The van der Waals surface area contributed by atoms with E-state index in [1.54, 1.807) is 24.3 Å². The van der Waals surface area contributed by atoms with Gasteiger partial charge >= 0.3 is 15.6 Å². The second-order valence-corrected chi connectivity index (χ2v) is 13.4. The number of aliphatic hydroxyl groups is 2. The van der Waals surface area contributed by atoms with Crippen molar-refractivity contribution in [3.05, 3.63) is 70.3 Å². The number of phosphoric ester groups is 2. The first-order valence-corrected chi connectivity index (χ1v) is 16.6. The van der Waals surface area contributed by atoms with Crippen LogP contribution in [0, 0.1) is 0 Å². The Balaban J connectivity index is 0.996. The molecule has 4 aromatic rings. The van der Waals surface area contributed by atoms with Gasteiger partial charge in [0.2, 0.25) is 5.95 Å². The van der Waals surface area contributed by atoms with Crippen LogP contribution in [0.4, 0.5) is 5.95 Å². The first-order valence-electron chi connectivity index (χ1n) is 13.6. The molecule has 2 unspecified atom stereocenters. The summed E-state index contributed by atoms with van der Waals surface area (Å²) in [6, 6.07) is 6.43. The zero-order valence-electron chi connectivity index (χ0n) is 23.8. The number of H-pyrrole nitrogens is 1. The number of rotatable bonds is 12. The minimum Gasteiger partial charge on any atom is -0.387 e. The van der Waals surface area contributed by atoms with E-state index in [9.17, 15) is 43.5 Å². The molecule has 0 aliphatic carbocycles. The van der Waals surface area contributed by atoms with E-state index < -0.39 is 70.8 Å². The number of fused-ring (bicyclic) bond motifs is 2. The summed E-state index contributed by atoms with van der Waals surface area (Å²) in [4.78, 5) is 72.3. The Morgan fingerprint density at radius 3 is 2.34 bits per heavy atom. The number of phosphoric acid groups is 2. The van der Waals surface area contributed by atoms with Gasteiger partial charge in [-0.15, -0.1) is 0 Å². The van der Waals surface area contributed by atoms with Crippen molar-refractivity contribution in [2.45, 2.75) is 37.7 Å². The summed E-state index contributed by atoms with van der Waals surface area (Å²) >= 11 is 0. The van der Waals surface area contributed by atoms with Gasteiger partial charge in [-0.25, -0.2) is 19.1 Å². The average molecular weight is 696 g/mol. The summed E-state index contributed by atoms with van der Waals surface area (Å²) in [5.74, 6) is -1.11. The Bertz CT molecular complexity index is 1980. The second-order valence-electron chi connectivity index (χ2n) is 10.3. The number of nitrogens with one attached hydrogen (secondary N) is 1. The molecule has 2 aliphatic rings. The van der Waals surface area contributed by atoms with Gasteiger partial charge in [0.25, 0.3) is 17.4 Å². The Morgan fingerprint density at radius 1 is 0.957 bits per heavy atom. The summed E-state index contributed by atoms with van der Waals surface area (Å²) in [7, 11) is -10.6. The number of hydrogen-bond donors (Lipinski definition) is 6. The van der Waals surface area contributed by atoms with Crippen LogP contribution in [0.5, 0.6) is 0 Å². The number of imide groups is 1. The van der Waals surface area contributed by atoms with Crippen LogP contribution in [0.1, 0.15) is 32.6 Å². The summed E-state index contributed by atoms with van der Waals surface area (Å²) in [6.45, 7) is -1.37. The number of amides is 2. The van der Waals surface area contributed by atoms with Crippen molar-refractivity contribution in [1.82, 2.24) is 34.0 Å². The number of benzene rings is 1.